The molecule has 0 radical (unpaired) electrons. The van der Waals surface area contributed by atoms with Crippen LogP contribution >= 0.6 is 0 Å². The molecular formula is C20H27N3O4. The lowest BCUT2D eigenvalue weighted by Gasteiger charge is -2.36. The maximum absolute atomic E-state index is 12.9. The molecule has 1 aromatic rings. The van der Waals surface area contributed by atoms with Gasteiger partial charge in [-0.15, -0.1) is 0 Å². The van der Waals surface area contributed by atoms with Gasteiger partial charge in [0.15, 0.2) is 0 Å². The normalized spacial score (nSPS) is 24.9. The number of hydrogen-bond acceptors (Lipinski definition) is 4. The lowest BCUT2D eigenvalue weighted by molar-refractivity contribution is -0.140. The molecule has 1 heterocycles. The highest BCUT2D eigenvalue weighted by atomic mass is 16.5. The molecule has 1 saturated carbocycles. The number of amides is 4. The van der Waals surface area contributed by atoms with Crippen molar-refractivity contribution in [3.05, 3.63) is 29.8 Å². The summed E-state index contributed by atoms with van der Waals surface area (Å²) in [5.74, 6) is 0.305. The zero-order valence-corrected chi connectivity index (χ0v) is 16.2. The zero-order chi connectivity index (χ0) is 19.6. The first kappa shape index (κ1) is 19.2. The molecule has 7 heteroatoms. The number of imide groups is 1. The molecule has 1 aromatic carbocycles. The predicted molar refractivity (Wildman–Crippen MR) is 100 cm³/mol. The molecule has 0 aromatic heterocycles. The van der Waals surface area contributed by atoms with Gasteiger partial charge in [0.1, 0.15) is 17.8 Å². The minimum Gasteiger partial charge on any atom is -0.497 e. The van der Waals surface area contributed by atoms with E-state index in [1.54, 1.807) is 14.2 Å². The molecule has 27 heavy (non-hydrogen) atoms. The van der Waals surface area contributed by atoms with Crippen LogP contribution in [-0.4, -0.2) is 53.9 Å². The summed E-state index contributed by atoms with van der Waals surface area (Å²) in [5.41, 5.74) is 0.116. The Morgan fingerprint density at radius 3 is 2.63 bits per heavy atom. The summed E-state index contributed by atoms with van der Waals surface area (Å²) >= 11 is 0. The number of carbonyl (C=O) groups is 3. The van der Waals surface area contributed by atoms with Crippen molar-refractivity contribution >= 4 is 17.8 Å². The maximum atomic E-state index is 12.9. The Bertz CT molecular complexity index is 733. The number of rotatable bonds is 5. The second-order valence-corrected chi connectivity index (χ2v) is 7.54. The summed E-state index contributed by atoms with van der Waals surface area (Å²) in [6, 6.07) is 6.97. The van der Waals surface area contributed by atoms with Crippen LogP contribution < -0.4 is 10.1 Å². The van der Waals surface area contributed by atoms with E-state index in [4.69, 9.17) is 4.74 Å². The Morgan fingerprint density at radius 1 is 1.30 bits per heavy atom. The number of likely N-dealkylation sites (N-methyl/N-ethyl adjacent to an activating group) is 1. The Morgan fingerprint density at radius 2 is 2.00 bits per heavy atom. The topological polar surface area (TPSA) is 79.0 Å². The van der Waals surface area contributed by atoms with Crippen LogP contribution in [0.25, 0.3) is 0 Å². The largest absolute Gasteiger partial charge is 0.497 e. The number of methoxy groups -OCH3 is 1. The van der Waals surface area contributed by atoms with Crippen LogP contribution in [0.3, 0.4) is 0 Å². The fraction of sp³-hybridized carbons (Fsp3) is 0.550. The van der Waals surface area contributed by atoms with Gasteiger partial charge in [0.05, 0.1) is 7.11 Å². The minimum absolute atomic E-state index is 0.0832. The summed E-state index contributed by atoms with van der Waals surface area (Å²) in [7, 11) is 3.27. The third-order valence-electron chi connectivity index (χ3n) is 5.80. The summed E-state index contributed by atoms with van der Waals surface area (Å²) in [5, 5.41) is 2.88. The van der Waals surface area contributed by atoms with Gasteiger partial charge >= 0.3 is 6.03 Å². The molecule has 1 saturated heterocycles. The third-order valence-corrected chi connectivity index (χ3v) is 5.80. The van der Waals surface area contributed by atoms with Crippen molar-refractivity contribution in [3.63, 3.8) is 0 Å². The Balaban J connectivity index is 1.64. The van der Waals surface area contributed by atoms with Crippen molar-refractivity contribution in [3.8, 4) is 5.75 Å². The molecule has 2 atom stereocenters. The average molecular weight is 373 g/mol. The van der Waals surface area contributed by atoms with Gasteiger partial charge in [0.25, 0.3) is 5.91 Å². The SMILES string of the molecule is COc1ccc(CN(C)C(=O)CN2C(=O)N[C@]3(CCCC[C@H]3C)C2=O)cc1. The van der Waals surface area contributed by atoms with Crippen LogP contribution in [0.4, 0.5) is 4.79 Å². The molecule has 1 N–H and O–H groups in total. The van der Waals surface area contributed by atoms with E-state index in [1.807, 2.05) is 31.2 Å². The fourth-order valence-corrected chi connectivity index (χ4v) is 3.99. The van der Waals surface area contributed by atoms with Crippen molar-refractivity contribution in [1.82, 2.24) is 15.1 Å². The van der Waals surface area contributed by atoms with E-state index in [0.717, 1.165) is 35.5 Å². The molecule has 7 nitrogen and oxygen atoms in total. The number of hydrogen-bond donors (Lipinski definition) is 1. The first-order chi connectivity index (χ1) is 12.9. The molecule has 0 unspecified atom stereocenters. The van der Waals surface area contributed by atoms with Gasteiger partial charge in [-0.2, -0.15) is 0 Å². The van der Waals surface area contributed by atoms with Crippen molar-refractivity contribution < 1.29 is 19.1 Å². The van der Waals surface area contributed by atoms with Crippen LogP contribution in [0.2, 0.25) is 0 Å². The monoisotopic (exact) mass is 373 g/mol. The Labute approximate surface area is 159 Å². The third kappa shape index (κ3) is 3.63. The van der Waals surface area contributed by atoms with E-state index in [0.29, 0.717) is 13.0 Å². The summed E-state index contributed by atoms with van der Waals surface area (Å²) < 4.78 is 5.13. The second kappa shape index (κ2) is 7.58. The fourth-order valence-electron chi connectivity index (χ4n) is 3.99. The molecule has 4 amide bonds. The minimum atomic E-state index is -0.829. The quantitative estimate of drug-likeness (QED) is 0.802. The number of nitrogens with one attached hydrogen (secondary N) is 1. The van der Waals surface area contributed by atoms with Gasteiger partial charge < -0.3 is 15.0 Å². The van der Waals surface area contributed by atoms with Crippen LogP contribution in [0.15, 0.2) is 24.3 Å². The van der Waals surface area contributed by atoms with Crippen molar-refractivity contribution in [2.45, 2.75) is 44.7 Å². The number of nitrogens with zero attached hydrogens (tertiary/aromatic N) is 2. The smallest absolute Gasteiger partial charge is 0.325 e. The van der Waals surface area contributed by atoms with Crippen LogP contribution in [0.1, 0.15) is 38.2 Å². The molecule has 1 aliphatic heterocycles. The number of urea groups is 1. The van der Waals surface area contributed by atoms with Crippen LogP contribution in [0, 0.1) is 5.92 Å². The Kier molecular flexibility index (Phi) is 5.39. The van der Waals surface area contributed by atoms with Crippen molar-refractivity contribution in [2.24, 2.45) is 5.92 Å². The lowest BCUT2D eigenvalue weighted by atomic mass is 9.73. The van der Waals surface area contributed by atoms with E-state index in [1.165, 1.54) is 4.90 Å². The van der Waals surface area contributed by atoms with Crippen LogP contribution in [0.5, 0.6) is 5.75 Å². The standard InChI is InChI=1S/C20H27N3O4/c1-14-6-4-5-11-20(14)18(25)23(19(26)21-20)13-17(24)22(2)12-15-7-9-16(27-3)10-8-15/h7-10,14H,4-6,11-13H2,1-3H3,(H,21,26)/t14-,20+/m1/s1. The van der Waals surface area contributed by atoms with E-state index >= 15 is 0 Å². The molecule has 1 aliphatic carbocycles. The number of benzene rings is 1. The summed E-state index contributed by atoms with van der Waals surface area (Å²) in [6.07, 6.45) is 3.53. The second-order valence-electron chi connectivity index (χ2n) is 7.54. The van der Waals surface area contributed by atoms with Gasteiger partial charge in [-0.1, -0.05) is 31.9 Å². The van der Waals surface area contributed by atoms with E-state index in [2.05, 4.69) is 5.32 Å². The summed E-state index contributed by atoms with van der Waals surface area (Å²) in [6.45, 7) is 2.16. The molecule has 1 spiro atoms. The molecule has 3 rings (SSSR count). The van der Waals surface area contributed by atoms with Crippen LogP contribution in [-0.2, 0) is 16.1 Å². The number of carbonyl (C=O) groups excluding carboxylic acids is 3. The van der Waals surface area contributed by atoms with Crippen molar-refractivity contribution in [1.29, 1.82) is 0 Å². The molecule has 2 fully saturated rings. The van der Waals surface area contributed by atoms with Gasteiger partial charge in [0, 0.05) is 13.6 Å². The predicted octanol–water partition coefficient (Wildman–Crippen LogP) is 2.15. The zero-order valence-electron chi connectivity index (χ0n) is 16.2. The first-order valence-electron chi connectivity index (χ1n) is 9.38. The summed E-state index contributed by atoms with van der Waals surface area (Å²) in [4.78, 5) is 40.5. The van der Waals surface area contributed by atoms with Gasteiger partial charge in [-0.05, 0) is 36.5 Å². The highest BCUT2D eigenvalue weighted by Gasteiger charge is 2.55. The van der Waals surface area contributed by atoms with Gasteiger partial charge in [-0.3, -0.25) is 14.5 Å². The molecular weight excluding hydrogens is 346 g/mol. The van der Waals surface area contributed by atoms with Gasteiger partial charge in [0.2, 0.25) is 5.91 Å². The number of ether oxygens (including phenoxy) is 1. The molecule has 0 bridgehead atoms. The molecule has 2 aliphatic rings. The van der Waals surface area contributed by atoms with E-state index < -0.39 is 11.6 Å². The van der Waals surface area contributed by atoms with Gasteiger partial charge in [-0.25, -0.2) is 4.79 Å². The average Bonchev–Trinajstić information content (AvgIpc) is 2.89. The lowest BCUT2D eigenvalue weighted by Crippen LogP contribution is -2.54. The van der Waals surface area contributed by atoms with E-state index in [9.17, 15) is 14.4 Å². The first-order valence-corrected chi connectivity index (χ1v) is 9.38. The van der Waals surface area contributed by atoms with E-state index in [-0.39, 0.29) is 24.3 Å². The highest BCUT2D eigenvalue weighted by molar-refractivity contribution is 6.09. The Hall–Kier alpha value is -2.57. The highest BCUT2D eigenvalue weighted by Crippen LogP contribution is 2.38. The molecule has 146 valence electrons. The van der Waals surface area contributed by atoms with Crippen molar-refractivity contribution in [2.75, 3.05) is 20.7 Å². The maximum Gasteiger partial charge on any atom is 0.325 e.